The minimum Gasteiger partial charge on any atom is -0.325 e. The highest BCUT2D eigenvalue weighted by atomic mass is 35.5. The first-order valence-electron chi connectivity index (χ1n) is 6.22. The highest BCUT2D eigenvalue weighted by Gasteiger charge is 2.39. The zero-order chi connectivity index (χ0) is 14.9. The SMILES string of the molecule is CC1CCC(=O)C(C(=O)Nc2ccc(F)c(Cl)c2)C1=O. The molecule has 2 unspecified atom stereocenters. The quantitative estimate of drug-likeness (QED) is 0.854. The summed E-state index contributed by atoms with van der Waals surface area (Å²) in [6, 6.07) is 3.65. The van der Waals surface area contributed by atoms with E-state index in [0.29, 0.717) is 6.42 Å². The third kappa shape index (κ3) is 2.88. The Morgan fingerprint density at radius 3 is 2.75 bits per heavy atom. The minimum atomic E-state index is -1.28. The molecule has 6 heteroatoms. The molecule has 1 N–H and O–H groups in total. The second kappa shape index (κ2) is 5.71. The normalized spacial score (nSPS) is 22.8. The third-order valence-electron chi connectivity index (χ3n) is 3.37. The molecule has 0 saturated heterocycles. The first-order valence-corrected chi connectivity index (χ1v) is 6.60. The summed E-state index contributed by atoms with van der Waals surface area (Å²) in [6.07, 6.45) is 0.693. The average Bonchev–Trinajstić information content (AvgIpc) is 2.39. The van der Waals surface area contributed by atoms with Gasteiger partial charge in [-0.2, -0.15) is 0 Å². The molecule has 1 aliphatic rings. The van der Waals surface area contributed by atoms with Gasteiger partial charge < -0.3 is 5.32 Å². The summed E-state index contributed by atoms with van der Waals surface area (Å²) in [4.78, 5) is 35.7. The van der Waals surface area contributed by atoms with Gasteiger partial charge in [-0.25, -0.2) is 4.39 Å². The van der Waals surface area contributed by atoms with Crippen LogP contribution in [0.5, 0.6) is 0 Å². The van der Waals surface area contributed by atoms with E-state index in [1.54, 1.807) is 6.92 Å². The van der Waals surface area contributed by atoms with Gasteiger partial charge in [-0.15, -0.1) is 0 Å². The van der Waals surface area contributed by atoms with E-state index in [-0.39, 0.29) is 34.6 Å². The molecular formula is C14H13ClFNO3. The van der Waals surface area contributed by atoms with Crippen molar-refractivity contribution in [2.45, 2.75) is 19.8 Å². The van der Waals surface area contributed by atoms with Crippen molar-refractivity contribution < 1.29 is 18.8 Å². The number of carbonyl (C=O) groups excluding carboxylic acids is 3. The second-order valence-corrected chi connectivity index (χ2v) is 5.27. The van der Waals surface area contributed by atoms with Crippen molar-refractivity contribution in [3.8, 4) is 0 Å². The van der Waals surface area contributed by atoms with Crippen molar-refractivity contribution in [1.29, 1.82) is 0 Å². The maximum atomic E-state index is 13.0. The molecule has 0 aliphatic heterocycles. The minimum absolute atomic E-state index is 0.141. The lowest BCUT2D eigenvalue weighted by Crippen LogP contribution is -2.42. The Bertz CT molecular complexity index is 588. The zero-order valence-electron chi connectivity index (χ0n) is 10.8. The van der Waals surface area contributed by atoms with Crippen LogP contribution in [0.3, 0.4) is 0 Å². The van der Waals surface area contributed by atoms with E-state index >= 15 is 0 Å². The van der Waals surface area contributed by atoms with Crippen LogP contribution in [-0.4, -0.2) is 17.5 Å². The molecular weight excluding hydrogens is 285 g/mol. The van der Waals surface area contributed by atoms with E-state index in [0.717, 1.165) is 6.07 Å². The van der Waals surface area contributed by atoms with Gasteiger partial charge in [0.25, 0.3) is 0 Å². The Hall–Kier alpha value is -1.75. The second-order valence-electron chi connectivity index (χ2n) is 4.86. The lowest BCUT2D eigenvalue weighted by atomic mass is 9.79. The average molecular weight is 298 g/mol. The van der Waals surface area contributed by atoms with Crippen molar-refractivity contribution in [2.75, 3.05) is 5.32 Å². The van der Waals surface area contributed by atoms with Crippen LogP contribution in [0.15, 0.2) is 18.2 Å². The van der Waals surface area contributed by atoms with Crippen LogP contribution in [-0.2, 0) is 14.4 Å². The highest BCUT2D eigenvalue weighted by molar-refractivity contribution is 6.31. The number of hydrogen-bond donors (Lipinski definition) is 1. The van der Waals surface area contributed by atoms with Gasteiger partial charge in [0.05, 0.1) is 5.02 Å². The molecule has 2 rings (SSSR count). The predicted octanol–water partition coefficient (Wildman–Crippen LogP) is 2.60. The van der Waals surface area contributed by atoms with Crippen molar-refractivity contribution in [1.82, 2.24) is 0 Å². The van der Waals surface area contributed by atoms with Crippen molar-refractivity contribution in [3.05, 3.63) is 29.0 Å². The van der Waals surface area contributed by atoms with Gasteiger partial charge in [0, 0.05) is 18.0 Å². The van der Waals surface area contributed by atoms with Gasteiger partial charge in [-0.05, 0) is 24.6 Å². The van der Waals surface area contributed by atoms with Crippen LogP contribution in [0.1, 0.15) is 19.8 Å². The fourth-order valence-corrected chi connectivity index (χ4v) is 2.33. The van der Waals surface area contributed by atoms with Gasteiger partial charge in [0.2, 0.25) is 5.91 Å². The van der Waals surface area contributed by atoms with Gasteiger partial charge in [0.15, 0.2) is 17.5 Å². The van der Waals surface area contributed by atoms with E-state index in [9.17, 15) is 18.8 Å². The van der Waals surface area contributed by atoms with Crippen molar-refractivity contribution >= 4 is 34.8 Å². The first kappa shape index (κ1) is 14.7. The summed E-state index contributed by atoms with van der Waals surface area (Å²) in [5.74, 6) is -3.62. The lowest BCUT2D eigenvalue weighted by Gasteiger charge is -2.23. The van der Waals surface area contributed by atoms with E-state index < -0.39 is 17.6 Å². The van der Waals surface area contributed by atoms with Crippen molar-refractivity contribution in [2.24, 2.45) is 11.8 Å². The first-order chi connectivity index (χ1) is 9.40. The number of ketones is 2. The largest absolute Gasteiger partial charge is 0.325 e. The molecule has 1 fully saturated rings. The fourth-order valence-electron chi connectivity index (χ4n) is 2.15. The summed E-state index contributed by atoms with van der Waals surface area (Å²) >= 11 is 5.60. The molecule has 20 heavy (non-hydrogen) atoms. The van der Waals surface area contributed by atoms with Crippen LogP contribution in [0.4, 0.5) is 10.1 Å². The Morgan fingerprint density at radius 2 is 2.10 bits per heavy atom. The molecule has 1 aliphatic carbocycles. The molecule has 1 aromatic rings. The van der Waals surface area contributed by atoms with Gasteiger partial charge in [-0.1, -0.05) is 18.5 Å². The summed E-state index contributed by atoms with van der Waals surface area (Å²) in [5, 5.41) is 2.29. The molecule has 2 atom stereocenters. The molecule has 0 bridgehead atoms. The standard InChI is InChI=1S/C14H13ClFNO3/c1-7-2-5-11(18)12(13(7)19)14(20)17-8-3-4-10(16)9(15)6-8/h3-4,6-7,12H,2,5H2,1H3,(H,17,20). The number of rotatable bonds is 2. The maximum absolute atomic E-state index is 13.0. The van der Waals surface area contributed by atoms with Crippen LogP contribution in [0.25, 0.3) is 0 Å². The van der Waals surface area contributed by atoms with Crippen molar-refractivity contribution in [3.63, 3.8) is 0 Å². The van der Waals surface area contributed by atoms with Gasteiger partial charge >= 0.3 is 0 Å². The molecule has 0 heterocycles. The van der Waals surface area contributed by atoms with E-state index in [2.05, 4.69) is 5.32 Å². The molecule has 0 radical (unpaired) electrons. The summed E-state index contributed by atoms with van der Waals surface area (Å²) in [6.45, 7) is 1.70. The van der Waals surface area contributed by atoms with Crippen LogP contribution in [0, 0.1) is 17.7 Å². The van der Waals surface area contributed by atoms with Crippen LogP contribution < -0.4 is 5.32 Å². The zero-order valence-corrected chi connectivity index (χ0v) is 11.5. The fraction of sp³-hybridized carbons (Fsp3) is 0.357. The number of benzene rings is 1. The molecule has 1 saturated carbocycles. The Kier molecular flexibility index (Phi) is 4.18. The van der Waals surface area contributed by atoms with E-state index in [4.69, 9.17) is 11.6 Å². The Labute approximate surface area is 120 Å². The molecule has 106 valence electrons. The van der Waals surface area contributed by atoms with Gasteiger partial charge in [-0.3, -0.25) is 14.4 Å². The number of halogens is 2. The van der Waals surface area contributed by atoms with Gasteiger partial charge in [0.1, 0.15) is 5.82 Å². The monoisotopic (exact) mass is 297 g/mol. The van der Waals surface area contributed by atoms with E-state index in [1.807, 2.05) is 0 Å². The third-order valence-corrected chi connectivity index (χ3v) is 3.65. The summed E-state index contributed by atoms with van der Waals surface area (Å²) in [5.41, 5.74) is 0.250. The van der Waals surface area contributed by atoms with E-state index in [1.165, 1.54) is 12.1 Å². The molecule has 1 amide bonds. The maximum Gasteiger partial charge on any atom is 0.242 e. The molecule has 4 nitrogen and oxygen atoms in total. The number of Topliss-reactive ketones (excluding diaryl/α,β-unsaturated/α-hetero) is 2. The molecule has 0 aromatic heterocycles. The number of amides is 1. The highest BCUT2D eigenvalue weighted by Crippen LogP contribution is 2.25. The Balaban J connectivity index is 2.16. The molecule has 1 aromatic carbocycles. The number of carbonyl (C=O) groups is 3. The number of anilines is 1. The summed E-state index contributed by atoms with van der Waals surface area (Å²) in [7, 11) is 0. The van der Waals surface area contributed by atoms with Crippen LogP contribution >= 0.6 is 11.6 Å². The smallest absolute Gasteiger partial charge is 0.242 e. The molecule has 0 spiro atoms. The summed E-state index contributed by atoms with van der Waals surface area (Å²) < 4.78 is 13.0. The Morgan fingerprint density at radius 1 is 1.40 bits per heavy atom. The number of hydrogen-bond acceptors (Lipinski definition) is 3. The topological polar surface area (TPSA) is 63.2 Å². The number of nitrogens with one attached hydrogen (secondary N) is 1. The predicted molar refractivity (Wildman–Crippen MR) is 71.9 cm³/mol. The lowest BCUT2D eigenvalue weighted by molar-refractivity contribution is -0.143. The van der Waals surface area contributed by atoms with Crippen LogP contribution in [0.2, 0.25) is 5.02 Å².